The van der Waals surface area contributed by atoms with Crippen LogP contribution in [-0.2, 0) is 6.54 Å². The van der Waals surface area contributed by atoms with Gasteiger partial charge in [-0.1, -0.05) is 35.4 Å². The lowest BCUT2D eigenvalue weighted by Crippen LogP contribution is -2.08. The summed E-state index contributed by atoms with van der Waals surface area (Å²) in [4.78, 5) is 4.14. The average Bonchev–Trinajstić information content (AvgIpc) is 2.82. The second kappa shape index (κ2) is 8.73. The van der Waals surface area contributed by atoms with E-state index in [2.05, 4.69) is 29.4 Å². The number of nitrogens with zero attached hydrogens (tertiary/aromatic N) is 1. The number of ether oxygens (including phenoxy) is 1. The van der Waals surface area contributed by atoms with E-state index in [0.29, 0.717) is 18.3 Å². The van der Waals surface area contributed by atoms with Gasteiger partial charge >= 0.3 is 0 Å². The molecule has 1 aliphatic rings. The van der Waals surface area contributed by atoms with Gasteiger partial charge in [0.15, 0.2) is 0 Å². The van der Waals surface area contributed by atoms with Crippen molar-refractivity contribution in [2.45, 2.75) is 26.8 Å². The minimum absolute atomic E-state index is 0.0349. The number of pyridine rings is 1. The van der Waals surface area contributed by atoms with Crippen molar-refractivity contribution in [2.24, 2.45) is 5.92 Å². The zero-order valence-corrected chi connectivity index (χ0v) is 14.2. The van der Waals surface area contributed by atoms with Crippen LogP contribution in [-0.4, -0.2) is 18.3 Å². The van der Waals surface area contributed by atoms with Crippen LogP contribution in [0.1, 0.15) is 25.8 Å². The van der Waals surface area contributed by atoms with E-state index in [-0.39, 0.29) is 6.61 Å². The topological polar surface area (TPSA) is 34.1 Å². The molecule has 1 aromatic heterocycles. The molecule has 0 aliphatic heterocycles. The van der Waals surface area contributed by atoms with Crippen LogP contribution < -0.4 is 10.1 Å². The van der Waals surface area contributed by atoms with Gasteiger partial charge < -0.3 is 10.1 Å². The van der Waals surface area contributed by atoms with Crippen molar-refractivity contribution in [3.63, 3.8) is 0 Å². The predicted octanol–water partition coefficient (Wildman–Crippen LogP) is 4.51. The molecule has 0 saturated carbocycles. The van der Waals surface area contributed by atoms with Crippen LogP contribution in [0.25, 0.3) is 0 Å². The first-order chi connectivity index (χ1) is 11.2. The van der Waals surface area contributed by atoms with Crippen molar-refractivity contribution in [2.75, 3.05) is 13.3 Å². The highest BCUT2D eigenvalue weighted by Gasteiger charge is 2.23. The van der Waals surface area contributed by atoms with Crippen molar-refractivity contribution < 1.29 is 9.13 Å². The summed E-state index contributed by atoms with van der Waals surface area (Å²) in [5.41, 5.74) is 3.36. The van der Waals surface area contributed by atoms with Gasteiger partial charge in [-0.15, -0.1) is 0 Å². The summed E-state index contributed by atoms with van der Waals surface area (Å²) < 4.78 is 17.1. The smallest absolute Gasteiger partial charge is 0.213 e. The lowest BCUT2D eigenvalue weighted by atomic mass is 10.0. The lowest BCUT2D eigenvalue weighted by molar-refractivity contribution is 0.264. The molecule has 1 heterocycles. The first-order valence-corrected chi connectivity index (χ1v) is 8.09. The molecule has 0 saturated heterocycles. The molecule has 5 heteroatoms. The van der Waals surface area contributed by atoms with Crippen LogP contribution in [0, 0.1) is 5.92 Å². The number of halogens is 2. The van der Waals surface area contributed by atoms with Crippen molar-refractivity contribution in [3.8, 4) is 5.88 Å². The standard InChI is InChI=1S/C18H22ClFN2O/c1-3-4-15-9-13(2)18(19)16(15)12-21-10-14-5-6-17(22-11-14)23-8-7-20/h3-6,11-12,15,21H,7-10H2,1-2H3/b4-3-,16-12+. The highest BCUT2D eigenvalue weighted by atomic mass is 35.5. The zero-order chi connectivity index (χ0) is 16.7. The van der Waals surface area contributed by atoms with Crippen LogP contribution in [0.2, 0.25) is 0 Å². The third-order valence-corrected chi connectivity index (χ3v) is 4.21. The number of alkyl halides is 1. The molecule has 0 fully saturated rings. The summed E-state index contributed by atoms with van der Waals surface area (Å²) in [7, 11) is 0. The van der Waals surface area contributed by atoms with E-state index >= 15 is 0 Å². The number of rotatable bonds is 7. The maximum atomic E-state index is 12.0. The fraction of sp³-hybridized carbons (Fsp3) is 0.389. The molecular weight excluding hydrogens is 315 g/mol. The highest BCUT2D eigenvalue weighted by molar-refractivity contribution is 6.32. The predicted molar refractivity (Wildman–Crippen MR) is 92.1 cm³/mol. The number of aromatic nitrogens is 1. The quantitative estimate of drug-likeness (QED) is 0.744. The van der Waals surface area contributed by atoms with Crippen LogP contribution in [0.5, 0.6) is 5.88 Å². The van der Waals surface area contributed by atoms with Gasteiger partial charge in [0, 0.05) is 36.0 Å². The fourth-order valence-corrected chi connectivity index (χ4v) is 2.81. The normalized spacial score (nSPS) is 19.8. The van der Waals surface area contributed by atoms with Gasteiger partial charge in [-0.25, -0.2) is 9.37 Å². The Kier molecular flexibility index (Phi) is 6.66. The number of hydrogen-bond acceptors (Lipinski definition) is 3. The first kappa shape index (κ1) is 17.5. The lowest BCUT2D eigenvalue weighted by Gasteiger charge is -2.09. The molecule has 0 spiro atoms. The molecule has 0 bridgehead atoms. The minimum Gasteiger partial charge on any atom is -0.475 e. The molecule has 0 radical (unpaired) electrons. The van der Waals surface area contributed by atoms with Gasteiger partial charge in [0.25, 0.3) is 0 Å². The molecule has 1 N–H and O–H groups in total. The fourth-order valence-electron chi connectivity index (χ4n) is 2.54. The molecule has 23 heavy (non-hydrogen) atoms. The summed E-state index contributed by atoms with van der Waals surface area (Å²) >= 11 is 6.39. The van der Waals surface area contributed by atoms with Crippen molar-refractivity contribution in [1.29, 1.82) is 0 Å². The highest BCUT2D eigenvalue weighted by Crippen LogP contribution is 2.39. The van der Waals surface area contributed by atoms with E-state index < -0.39 is 6.67 Å². The van der Waals surface area contributed by atoms with E-state index in [0.717, 1.165) is 22.6 Å². The van der Waals surface area contributed by atoms with Crippen molar-refractivity contribution >= 4 is 11.6 Å². The molecule has 2 rings (SSSR count). The maximum Gasteiger partial charge on any atom is 0.213 e. The first-order valence-electron chi connectivity index (χ1n) is 7.71. The average molecular weight is 337 g/mol. The third kappa shape index (κ3) is 4.83. The monoisotopic (exact) mass is 336 g/mol. The molecule has 124 valence electrons. The Labute approximate surface area is 141 Å². The minimum atomic E-state index is -0.514. The van der Waals surface area contributed by atoms with Gasteiger partial charge in [0.1, 0.15) is 13.3 Å². The third-order valence-electron chi connectivity index (χ3n) is 3.67. The number of hydrogen-bond donors (Lipinski definition) is 1. The van der Waals surface area contributed by atoms with E-state index in [9.17, 15) is 4.39 Å². The summed E-state index contributed by atoms with van der Waals surface area (Å²) in [5.74, 6) is 0.782. The second-order valence-corrected chi connectivity index (χ2v) is 5.83. The Morgan fingerprint density at radius 2 is 2.30 bits per heavy atom. The van der Waals surface area contributed by atoms with Crippen LogP contribution in [0.15, 0.2) is 52.9 Å². The largest absolute Gasteiger partial charge is 0.475 e. The Balaban J connectivity index is 1.94. The van der Waals surface area contributed by atoms with Crippen molar-refractivity contribution in [3.05, 3.63) is 58.4 Å². The van der Waals surface area contributed by atoms with Crippen LogP contribution >= 0.6 is 11.6 Å². The van der Waals surface area contributed by atoms with Crippen molar-refractivity contribution in [1.82, 2.24) is 10.3 Å². The Morgan fingerprint density at radius 3 is 2.96 bits per heavy atom. The van der Waals surface area contributed by atoms with E-state index in [1.807, 2.05) is 19.2 Å². The van der Waals surface area contributed by atoms with E-state index in [1.165, 1.54) is 5.57 Å². The molecule has 3 nitrogen and oxygen atoms in total. The number of nitrogens with one attached hydrogen (secondary N) is 1. The van der Waals surface area contributed by atoms with Crippen LogP contribution in [0.4, 0.5) is 4.39 Å². The molecule has 0 amide bonds. The molecule has 0 aromatic carbocycles. The van der Waals surface area contributed by atoms with E-state index in [1.54, 1.807) is 12.3 Å². The molecule has 1 aliphatic carbocycles. The van der Waals surface area contributed by atoms with E-state index in [4.69, 9.17) is 16.3 Å². The molecule has 1 aromatic rings. The van der Waals surface area contributed by atoms with Gasteiger partial charge in [0.2, 0.25) is 5.88 Å². The Bertz CT molecular complexity index is 608. The number of allylic oxidation sites excluding steroid dienone is 5. The molecule has 1 unspecified atom stereocenters. The summed E-state index contributed by atoms with van der Waals surface area (Å²) in [6.07, 6.45) is 8.90. The molecular formula is C18H22ClFN2O. The van der Waals surface area contributed by atoms with Crippen LogP contribution in [0.3, 0.4) is 0 Å². The summed E-state index contributed by atoms with van der Waals surface area (Å²) in [6, 6.07) is 3.65. The Hall–Kier alpha value is -1.81. The Morgan fingerprint density at radius 1 is 1.48 bits per heavy atom. The summed E-state index contributed by atoms with van der Waals surface area (Å²) in [5, 5.41) is 4.15. The second-order valence-electron chi connectivity index (χ2n) is 5.45. The van der Waals surface area contributed by atoms with Gasteiger partial charge in [-0.05, 0) is 31.4 Å². The summed E-state index contributed by atoms with van der Waals surface area (Å²) in [6.45, 7) is 4.25. The zero-order valence-electron chi connectivity index (χ0n) is 13.5. The maximum absolute atomic E-state index is 12.0. The molecule has 1 atom stereocenters. The van der Waals surface area contributed by atoms with Gasteiger partial charge in [-0.3, -0.25) is 0 Å². The van der Waals surface area contributed by atoms with Gasteiger partial charge in [-0.2, -0.15) is 0 Å². The SMILES string of the molecule is C/C=C\C1CC(C)=C(Cl)/C1=C/NCc1ccc(OCCF)nc1. The van der Waals surface area contributed by atoms with Gasteiger partial charge in [0.05, 0.1) is 0 Å².